The van der Waals surface area contributed by atoms with E-state index in [1.54, 1.807) is 13.2 Å². The van der Waals surface area contributed by atoms with Crippen LogP contribution in [0.25, 0.3) is 16.5 Å². The lowest BCUT2D eigenvalue weighted by atomic mass is 9.98. The third-order valence-corrected chi connectivity index (χ3v) is 6.33. The summed E-state index contributed by atoms with van der Waals surface area (Å²) in [6.07, 6.45) is 1.74. The highest BCUT2D eigenvalue weighted by atomic mass is 16.5. The zero-order chi connectivity index (χ0) is 22.1. The topological polar surface area (TPSA) is 45.9 Å². The highest BCUT2D eigenvalue weighted by molar-refractivity contribution is 5.98. The number of ether oxygens (including phenoxy) is 1. The molecule has 2 heterocycles. The average Bonchev–Trinajstić information content (AvgIpc) is 3.08. The molecule has 1 aliphatic rings. The number of fused-ring (bicyclic) bond motifs is 1. The summed E-state index contributed by atoms with van der Waals surface area (Å²) in [5.74, 6) is 1.72. The second-order valence-corrected chi connectivity index (χ2v) is 8.22. The average molecular weight is 419 g/mol. The molecule has 1 aliphatic heterocycles. The smallest absolute Gasteiger partial charge is 0.246 e. The van der Waals surface area contributed by atoms with Crippen molar-refractivity contribution in [2.45, 2.75) is 27.7 Å². The van der Waals surface area contributed by atoms with Crippen LogP contribution >= 0.6 is 0 Å². The van der Waals surface area contributed by atoms with Gasteiger partial charge < -0.3 is 19.0 Å². The third-order valence-electron chi connectivity index (χ3n) is 6.33. The maximum Gasteiger partial charge on any atom is 0.246 e. The Balaban J connectivity index is 1.56. The largest absolute Gasteiger partial charge is 0.496 e. The summed E-state index contributed by atoms with van der Waals surface area (Å²) < 4.78 is 11.7. The van der Waals surface area contributed by atoms with Gasteiger partial charge in [0.15, 0.2) is 0 Å². The van der Waals surface area contributed by atoms with E-state index >= 15 is 0 Å². The molecule has 0 unspecified atom stereocenters. The number of amides is 1. The Morgan fingerprint density at radius 2 is 1.71 bits per heavy atom. The summed E-state index contributed by atoms with van der Waals surface area (Å²) in [6, 6.07) is 12.4. The predicted octanol–water partition coefficient (Wildman–Crippen LogP) is 5.12. The summed E-state index contributed by atoms with van der Waals surface area (Å²) in [7, 11) is 1.66. The molecule has 0 radical (unpaired) electrons. The number of hydrogen-bond acceptors (Lipinski definition) is 4. The highest BCUT2D eigenvalue weighted by Crippen LogP contribution is 2.38. The van der Waals surface area contributed by atoms with Gasteiger partial charge in [0, 0.05) is 54.5 Å². The molecule has 5 heteroatoms. The van der Waals surface area contributed by atoms with Crippen LogP contribution in [-0.2, 0) is 4.79 Å². The Bertz CT molecular complexity index is 1140. The number of hydrogen-bond donors (Lipinski definition) is 0. The molecule has 31 heavy (non-hydrogen) atoms. The first-order valence-electron chi connectivity index (χ1n) is 10.8. The SMILES string of the molecule is COc1c(/C(C)=C/C(=O)N2CCN(c3ccccc3)CC2)cc2c(C)c(C)oc2c1C. The number of rotatable bonds is 4. The monoisotopic (exact) mass is 418 g/mol. The summed E-state index contributed by atoms with van der Waals surface area (Å²) in [5, 5.41) is 1.07. The van der Waals surface area contributed by atoms with Crippen LogP contribution < -0.4 is 9.64 Å². The van der Waals surface area contributed by atoms with Gasteiger partial charge in [0.2, 0.25) is 5.91 Å². The minimum atomic E-state index is 0.0464. The summed E-state index contributed by atoms with van der Waals surface area (Å²) in [5.41, 5.74) is 5.98. The zero-order valence-corrected chi connectivity index (χ0v) is 19.0. The molecule has 0 atom stereocenters. The van der Waals surface area contributed by atoms with Crippen molar-refractivity contribution >= 4 is 28.1 Å². The molecule has 1 saturated heterocycles. The molecule has 0 aliphatic carbocycles. The Kier molecular flexibility index (Phi) is 5.77. The van der Waals surface area contributed by atoms with Crippen LogP contribution in [0.3, 0.4) is 0 Å². The number of para-hydroxylation sites is 1. The molecule has 0 spiro atoms. The fraction of sp³-hybridized carbons (Fsp3) is 0.346. The van der Waals surface area contributed by atoms with Gasteiger partial charge >= 0.3 is 0 Å². The summed E-state index contributed by atoms with van der Waals surface area (Å²) in [4.78, 5) is 17.3. The van der Waals surface area contributed by atoms with Crippen molar-refractivity contribution in [3.05, 3.63) is 64.9 Å². The summed E-state index contributed by atoms with van der Waals surface area (Å²) >= 11 is 0. The number of allylic oxidation sites excluding steroid dienone is 1. The molecular weight excluding hydrogens is 388 g/mol. The van der Waals surface area contributed by atoms with Gasteiger partial charge in [-0.3, -0.25) is 4.79 Å². The first kappa shape index (κ1) is 21.0. The van der Waals surface area contributed by atoms with Crippen molar-refractivity contribution in [1.29, 1.82) is 0 Å². The standard InChI is InChI=1S/C26H30N2O3/c1-17(22-16-23-18(2)20(4)31-26(23)19(3)25(22)30-5)15-24(29)28-13-11-27(12-14-28)21-9-7-6-8-10-21/h6-10,15-16H,11-14H2,1-5H3/b17-15+. The van der Waals surface area contributed by atoms with E-state index in [-0.39, 0.29) is 5.91 Å². The van der Waals surface area contributed by atoms with Gasteiger partial charge in [-0.05, 0) is 57.0 Å². The van der Waals surface area contributed by atoms with Crippen molar-refractivity contribution in [3.8, 4) is 5.75 Å². The van der Waals surface area contributed by atoms with E-state index in [1.807, 2.05) is 43.9 Å². The molecule has 0 bridgehead atoms. The number of furan rings is 1. The van der Waals surface area contributed by atoms with Gasteiger partial charge in [-0.15, -0.1) is 0 Å². The van der Waals surface area contributed by atoms with Crippen LogP contribution in [-0.4, -0.2) is 44.1 Å². The number of aryl methyl sites for hydroxylation is 3. The lowest BCUT2D eigenvalue weighted by Gasteiger charge is -2.35. The first-order chi connectivity index (χ1) is 14.9. The maximum atomic E-state index is 13.0. The lowest BCUT2D eigenvalue weighted by molar-refractivity contribution is -0.126. The zero-order valence-electron chi connectivity index (χ0n) is 19.0. The van der Waals surface area contributed by atoms with E-state index in [0.29, 0.717) is 13.1 Å². The van der Waals surface area contributed by atoms with E-state index in [2.05, 4.69) is 30.0 Å². The molecule has 2 aromatic carbocycles. The fourth-order valence-electron chi connectivity index (χ4n) is 4.35. The molecule has 0 saturated carbocycles. The Morgan fingerprint density at radius 1 is 1.03 bits per heavy atom. The van der Waals surface area contributed by atoms with Gasteiger partial charge in [0.1, 0.15) is 17.1 Å². The van der Waals surface area contributed by atoms with Gasteiger partial charge in [-0.2, -0.15) is 0 Å². The second kappa shape index (κ2) is 8.50. The van der Waals surface area contributed by atoms with Gasteiger partial charge in [-0.25, -0.2) is 0 Å². The molecule has 5 nitrogen and oxygen atoms in total. The molecule has 1 amide bonds. The minimum Gasteiger partial charge on any atom is -0.496 e. The van der Waals surface area contributed by atoms with E-state index in [0.717, 1.165) is 57.8 Å². The normalized spacial score (nSPS) is 14.9. The van der Waals surface area contributed by atoms with Gasteiger partial charge in [-0.1, -0.05) is 18.2 Å². The predicted molar refractivity (Wildman–Crippen MR) is 126 cm³/mol. The summed E-state index contributed by atoms with van der Waals surface area (Å²) in [6.45, 7) is 11.1. The number of methoxy groups -OCH3 is 1. The fourth-order valence-corrected chi connectivity index (χ4v) is 4.35. The Labute approximate surface area is 183 Å². The number of anilines is 1. The number of benzene rings is 2. The molecule has 0 N–H and O–H groups in total. The van der Waals surface area contributed by atoms with Crippen molar-refractivity contribution < 1.29 is 13.9 Å². The second-order valence-electron chi connectivity index (χ2n) is 8.22. The Hall–Kier alpha value is -3.21. The molecule has 1 fully saturated rings. The number of carbonyl (C=O) groups excluding carboxylic acids is 1. The van der Waals surface area contributed by atoms with Crippen LogP contribution in [0.15, 0.2) is 46.9 Å². The third kappa shape index (κ3) is 3.92. The highest BCUT2D eigenvalue weighted by Gasteiger charge is 2.22. The van der Waals surface area contributed by atoms with Crippen LogP contribution in [0.4, 0.5) is 5.69 Å². The molecule has 162 valence electrons. The number of carbonyl (C=O) groups is 1. The van der Waals surface area contributed by atoms with Crippen molar-refractivity contribution in [1.82, 2.24) is 4.90 Å². The minimum absolute atomic E-state index is 0.0464. The van der Waals surface area contributed by atoms with E-state index < -0.39 is 0 Å². The van der Waals surface area contributed by atoms with Crippen molar-refractivity contribution in [3.63, 3.8) is 0 Å². The van der Waals surface area contributed by atoms with E-state index in [4.69, 9.17) is 9.15 Å². The van der Waals surface area contributed by atoms with Gasteiger partial charge in [0.25, 0.3) is 0 Å². The van der Waals surface area contributed by atoms with E-state index in [9.17, 15) is 4.79 Å². The number of piperazine rings is 1. The van der Waals surface area contributed by atoms with E-state index in [1.165, 1.54) is 5.69 Å². The van der Waals surface area contributed by atoms with Crippen molar-refractivity contribution in [2.75, 3.05) is 38.2 Å². The van der Waals surface area contributed by atoms with Gasteiger partial charge in [0.05, 0.1) is 7.11 Å². The van der Waals surface area contributed by atoms with Crippen LogP contribution in [0.5, 0.6) is 5.75 Å². The maximum absolute atomic E-state index is 13.0. The first-order valence-corrected chi connectivity index (χ1v) is 10.8. The molecule has 1 aromatic heterocycles. The van der Waals surface area contributed by atoms with Crippen LogP contribution in [0.1, 0.15) is 29.4 Å². The number of nitrogens with zero attached hydrogens (tertiary/aromatic N) is 2. The molecule has 4 rings (SSSR count). The van der Waals surface area contributed by atoms with Crippen LogP contribution in [0, 0.1) is 20.8 Å². The molecular formula is C26H30N2O3. The Morgan fingerprint density at radius 3 is 2.35 bits per heavy atom. The van der Waals surface area contributed by atoms with Crippen LogP contribution in [0.2, 0.25) is 0 Å². The quantitative estimate of drug-likeness (QED) is 0.552. The lowest BCUT2D eigenvalue weighted by Crippen LogP contribution is -2.48. The molecule has 3 aromatic rings. The van der Waals surface area contributed by atoms with Crippen molar-refractivity contribution in [2.24, 2.45) is 0 Å².